The van der Waals surface area contributed by atoms with Gasteiger partial charge in [-0.25, -0.2) is 13.2 Å². The Morgan fingerprint density at radius 2 is 1.91 bits per heavy atom. The van der Waals surface area contributed by atoms with E-state index >= 15 is 0 Å². The number of benzene rings is 1. The molecule has 1 N–H and O–H groups in total. The van der Waals surface area contributed by atoms with Gasteiger partial charge in [0.15, 0.2) is 0 Å². The summed E-state index contributed by atoms with van der Waals surface area (Å²) in [6, 6.07) is 2.29. The van der Waals surface area contributed by atoms with Crippen LogP contribution in [0.1, 0.15) is 51.5 Å². The van der Waals surface area contributed by atoms with E-state index in [-0.39, 0.29) is 12.1 Å². The molecule has 0 bridgehead atoms. The van der Waals surface area contributed by atoms with Gasteiger partial charge in [0.1, 0.15) is 17.5 Å². The van der Waals surface area contributed by atoms with Crippen molar-refractivity contribution in [3.05, 3.63) is 106 Å². The first-order valence-corrected chi connectivity index (χ1v) is 12.5. The standard InChI is InChI=1S/C29H32F3N3/c1-5-9-20-19(6-2)29-24(7-3)34-13-8-10-25(34)26-11-12-27(35(26)29)28(20)17(4)33-16-21-22(31)14-18(30)15-23(21)32/h6-7,9,14-15,25-26,33H,2,4-5,8,10-13,16H2,1,3H3/b20-9-,24-7-. The minimum Gasteiger partial charge on any atom is -0.381 e. The number of halogens is 3. The Kier molecular flexibility index (Phi) is 6.16. The Bertz CT molecular complexity index is 1200. The molecule has 0 saturated carbocycles. The van der Waals surface area contributed by atoms with Gasteiger partial charge < -0.3 is 15.1 Å². The molecule has 2 atom stereocenters. The van der Waals surface area contributed by atoms with Crippen LogP contribution in [-0.2, 0) is 6.54 Å². The first-order chi connectivity index (χ1) is 16.9. The van der Waals surface area contributed by atoms with E-state index < -0.39 is 17.5 Å². The second kappa shape index (κ2) is 9.14. The number of fused-ring (bicyclic) bond motifs is 2. The average Bonchev–Trinajstić information content (AvgIpc) is 3.47. The van der Waals surface area contributed by atoms with Crippen LogP contribution in [0, 0.1) is 17.5 Å². The maximum atomic E-state index is 14.3. The second-order valence-corrected chi connectivity index (χ2v) is 9.55. The Labute approximate surface area is 205 Å². The molecule has 1 aromatic carbocycles. The zero-order valence-electron chi connectivity index (χ0n) is 20.4. The van der Waals surface area contributed by atoms with Gasteiger partial charge in [-0.05, 0) is 44.6 Å². The number of hydrogen-bond acceptors (Lipinski definition) is 3. The molecule has 35 heavy (non-hydrogen) atoms. The van der Waals surface area contributed by atoms with Gasteiger partial charge in [-0.2, -0.15) is 0 Å². The Hall–Kier alpha value is -3.15. The van der Waals surface area contributed by atoms with Crippen molar-refractivity contribution in [1.82, 2.24) is 15.1 Å². The van der Waals surface area contributed by atoms with Crippen molar-refractivity contribution in [2.24, 2.45) is 0 Å². The van der Waals surface area contributed by atoms with Gasteiger partial charge in [0.05, 0.1) is 17.4 Å². The van der Waals surface area contributed by atoms with Crippen molar-refractivity contribution in [3.63, 3.8) is 0 Å². The van der Waals surface area contributed by atoms with Crippen molar-refractivity contribution in [2.75, 3.05) is 6.54 Å². The highest BCUT2D eigenvalue weighted by Gasteiger charge is 2.50. The highest BCUT2D eigenvalue weighted by molar-refractivity contribution is 5.68. The third-order valence-corrected chi connectivity index (χ3v) is 7.71. The third-order valence-electron chi connectivity index (χ3n) is 7.71. The number of piperazine rings is 1. The number of allylic oxidation sites excluding steroid dienone is 6. The minimum absolute atomic E-state index is 0.118. The molecule has 0 radical (unpaired) electrons. The predicted molar refractivity (Wildman–Crippen MR) is 133 cm³/mol. The first kappa shape index (κ1) is 23.6. The molecule has 6 heteroatoms. The highest BCUT2D eigenvalue weighted by atomic mass is 19.1. The maximum Gasteiger partial charge on any atom is 0.134 e. The zero-order valence-corrected chi connectivity index (χ0v) is 20.4. The van der Waals surface area contributed by atoms with E-state index in [1.165, 1.54) is 29.9 Å². The van der Waals surface area contributed by atoms with Crippen LogP contribution >= 0.6 is 0 Å². The SMILES string of the molecule is C=CC1=C2C(=C/C)/N3CCCC3C3CCC(=C(C(=C)NCc4c(F)cc(F)cc4F)/C1=C\CC)N23. The molecule has 3 nitrogen and oxygen atoms in total. The van der Waals surface area contributed by atoms with Crippen LogP contribution in [0.15, 0.2) is 83.0 Å². The highest BCUT2D eigenvalue weighted by Crippen LogP contribution is 2.53. The van der Waals surface area contributed by atoms with Crippen LogP contribution in [0.5, 0.6) is 0 Å². The van der Waals surface area contributed by atoms with E-state index in [2.05, 4.69) is 54.3 Å². The molecule has 4 aliphatic heterocycles. The third kappa shape index (κ3) is 3.65. The quantitative estimate of drug-likeness (QED) is 0.496. The lowest BCUT2D eigenvalue weighted by atomic mass is 9.85. The van der Waals surface area contributed by atoms with Gasteiger partial charge in [0.2, 0.25) is 0 Å². The topological polar surface area (TPSA) is 18.5 Å². The van der Waals surface area contributed by atoms with Crippen molar-refractivity contribution in [3.8, 4) is 0 Å². The smallest absolute Gasteiger partial charge is 0.134 e. The van der Waals surface area contributed by atoms with Gasteiger partial charge in [-0.3, -0.25) is 0 Å². The molecule has 1 aromatic rings. The van der Waals surface area contributed by atoms with Gasteiger partial charge in [-0.15, -0.1) is 0 Å². The summed E-state index contributed by atoms with van der Waals surface area (Å²) in [5, 5.41) is 3.15. The van der Waals surface area contributed by atoms with Crippen LogP contribution < -0.4 is 5.32 Å². The van der Waals surface area contributed by atoms with Crippen molar-refractivity contribution in [1.29, 1.82) is 0 Å². The van der Waals surface area contributed by atoms with E-state index in [9.17, 15) is 13.2 Å². The summed E-state index contributed by atoms with van der Waals surface area (Å²) in [5.41, 5.74) is 7.19. The lowest BCUT2D eigenvalue weighted by Crippen LogP contribution is -2.52. The van der Waals surface area contributed by atoms with Crippen LogP contribution in [0.25, 0.3) is 0 Å². The van der Waals surface area contributed by atoms with Crippen LogP contribution in [0.3, 0.4) is 0 Å². The number of nitrogens with zero attached hydrogens (tertiary/aromatic N) is 2. The van der Waals surface area contributed by atoms with Crippen LogP contribution in [-0.4, -0.2) is 28.4 Å². The Balaban J connectivity index is 1.57. The summed E-state index contributed by atoms with van der Waals surface area (Å²) < 4.78 is 41.9. The summed E-state index contributed by atoms with van der Waals surface area (Å²) in [6.45, 7) is 13.6. The van der Waals surface area contributed by atoms with Crippen molar-refractivity contribution >= 4 is 0 Å². The molecule has 5 rings (SSSR count). The lowest BCUT2D eigenvalue weighted by Gasteiger charge is -2.50. The molecular formula is C29H32F3N3. The average molecular weight is 480 g/mol. The molecule has 0 aromatic heterocycles. The summed E-state index contributed by atoms with van der Waals surface area (Å²) in [7, 11) is 0. The largest absolute Gasteiger partial charge is 0.381 e. The van der Waals surface area contributed by atoms with Crippen LogP contribution in [0.4, 0.5) is 13.2 Å². The molecule has 2 unspecified atom stereocenters. The van der Waals surface area contributed by atoms with E-state index in [0.717, 1.165) is 42.5 Å². The van der Waals surface area contributed by atoms with E-state index in [0.29, 0.717) is 29.9 Å². The van der Waals surface area contributed by atoms with Gasteiger partial charge in [0, 0.05) is 59.4 Å². The fourth-order valence-corrected chi connectivity index (χ4v) is 6.37. The molecule has 0 spiro atoms. The molecule has 0 aliphatic carbocycles. The van der Waals surface area contributed by atoms with Gasteiger partial charge >= 0.3 is 0 Å². The monoisotopic (exact) mass is 479 g/mol. The maximum absolute atomic E-state index is 14.3. The summed E-state index contributed by atoms with van der Waals surface area (Å²) >= 11 is 0. The molecular weight excluding hydrogens is 447 g/mol. The first-order valence-electron chi connectivity index (χ1n) is 12.5. The normalized spacial score (nSPS) is 25.5. The minimum atomic E-state index is -0.927. The van der Waals surface area contributed by atoms with Crippen LogP contribution in [0.2, 0.25) is 0 Å². The van der Waals surface area contributed by atoms with Gasteiger partial charge in [0.25, 0.3) is 0 Å². The molecule has 4 aliphatic rings. The fourth-order valence-electron chi connectivity index (χ4n) is 6.37. The zero-order chi connectivity index (χ0) is 24.9. The Morgan fingerprint density at radius 1 is 1.17 bits per heavy atom. The number of rotatable bonds is 6. The molecule has 4 heterocycles. The van der Waals surface area contributed by atoms with Crippen molar-refractivity contribution in [2.45, 2.75) is 64.6 Å². The van der Waals surface area contributed by atoms with Gasteiger partial charge in [-0.1, -0.05) is 38.3 Å². The molecule has 3 fully saturated rings. The number of hydrogen-bond donors (Lipinski definition) is 1. The number of nitrogens with one attached hydrogen (secondary N) is 1. The molecule has 3 saturated heterocycles. The summed E-state index contributed by atoms with van der Waals surface area (Å²) in [6.07, 6.45) is 11.5. The summed E-state index contributed by atoms with van der Waals surface area (Å²) in [5.74, 6) is -2.74. The molecule has 184 valence electrons. The van der Waals surface area contributed by atoms with Crippen molar-refractivity contribution < 1.29 is 13.2 Å². The summed E-state index contributed by atoms with van der Waals surface area (Å²) in [4.78, 5) is 5.07. The Morgan fingerprint density at radius 3 is 2.57 bits per heavy atom. The lowest BCUT2D eigenvalue weighted by molar-refractivity contribution is 0.156. The van der Waals surface area contributed by atoms with E-state index in [4.69, 9.17) is 0 Å². The molecule has 0 amide bonds. The second-order valence-electron chi connectivity index (χ2n) is 9.55. The predicted octanol–water partition coefficient (Wildman–Crippen LogP) is 6.60. The fraction of sp³-hybridized carbons (Fsp3) is 0.379. The van der Waals surface area contributed by atoms with E-state index in [1.807, 2.05) is 6.08 Å². The van der Waals surface area contributed by atoms with E-state index in [1.54, 1.807) is 0 Å².